The van der Waals surface area contributed by atoms with E-state index in [-0.39, 0.29) is 19.6 Å². The van der Waals surface area contributed by atoms with Gasteiger partial charge in [0.1, 0.15) is 0 Å². The van der Waals surface area contributed by atoms with E-state index in [1.807, 2.05) is 0 Å². The average Bonchev–Trinajstić information content (AvgIpc) is 2.27. The van der Waals surface area contributed by atoms with Gasteiger partial charge in [-0.1, -0.05) is 0 Å². The summed E-state index contributed by atoms with van der Waals surface area (Å²) in [4.78, 5) is 0. The van der Waals surface area contributed by atoms with Crippen molar-refractivity contribution in [1.29, 1.82) is 0 Å². The van der Waals surface area contributed by atoms with Gasteiger partial charge in [-0.2, -0.15) is 0 Å². The molecule has 0 aromatic rings. The molecule has 0 saturated carbocycles. The Morgan fingerprint density at radius 3 is 1.24 bits per heavy atom. The van der Waals surface area contributed by atoms with Gasteiger partial charge < -0.3 is 17.2 Å². The Kier molecular flexibility index (Phi) is 8.15. The minimum atomic E-state index is -3.68. The van der Waals surface area contributed by atoms with Gasteiger partial charge in [0.15, 0.2) is 0 Å². The molecule has 3 atom stereocenters. The largest absolute Gasteiger partial charge is 0.475 e. The van der Waals surface area contributed by atoms with Crippen LogP contribution in [-0.4, -0.2) is 37.9 Å². The first-order valence-electron chi connectivity index (χ1n) is 5.62. The highest BCUT2D eigenvalue weighted by molar-refractivity contribution is 7.48. The molecule has 0 aliphatic carbocycles. The van der Waals surface area contributed by atoms with Gasteiger partial charge >= 0.3 is 7.82 Å². The maximum absolute atomic E-state index is 12.3. The zero-order chi connectivity index (χ0) is 13.5. The highest BCUT2D eigenvalue weighted by Gasteiger charge is 2.32. The molecule has 17 heavy (non-hydrogen) atoms. The van der Waals surface area contributed by atoms with Crippen LogP contribution in [0, 0.1) is 0 Å². The van der Waals surface area contributed by atoms with Crippen molar-refractivity contribution in [3.05, 3.63) is 0 Å². The second-order valence-corrected chi connectivity index (χ2v) is 5.43. The first kappa shape index (κ1) is 17.0. The quantitative estimate of drug-likeness (QED) is 0.510. The monoisotopic (exact) mass is 269 g/mol. The number of phosphoric ester groups is 1. The van der Waals surface area contributed by atoms with Gasteiger partial charge in [-0.25, -0.2) is 4.57 Å². The molecule has 3 unspecified atom stereocenters. The van der Waals surface area contributed by atoms with Gasteiger partial charge in [-0.3, -0.25) is 13.6 Å². The number of nitrogens with two attached hydrogens (primary N) is 3. The van der Waals surface area contributed by atoms with Crippen LogP contribution in [-0.2, 0) is 18.1 Å². The molecule has 0 rings (SSSR count). The molecule has 7 nitrogen and oxygen atoms in total. The normalized spacial score (nSPS) is 20.6. The van der Waals surface area contributed by atoms with Crippen LogP contribution in [0.2, 0.25) is 0 Å². The minimum absolute atomic E-state index is 0.213. The van der Waals surface area contributed by atoms with E-state index in [4.69, 9.17) is 30.8 Å². The number of hydrogen-bond acceptors (Lipinski definition) is 7. The number of phosphoric acid groups is 1. The molecule has 0 aromatic heterocycles. The van der Waals surface area contributed by atoms with Crippen LogP contribution in [0.15, 0.2) is 0 Å². The fourth-order valence-electron chi connectivity index (χ4n) is 0.865. The fraction of sp³-hybridized carbons (Fsp3) is 1.00. The Morgan fingerprint density at radius 1 is 0.824 bits per heavy atom. The summed E-state index contributed by atoms with van der Waals surface area (Å²) < 4.78 is 27.9. The fourth-order valence-corrected chi connectivity index (χ4v) is 2.59. The molecular formula is C9H24N3O4P. The standard InChI is InChI=1S/C9H24N3O4P/c1-7(4-10)14-17(13,15-8(2)5-11)16-9(3)6-12/h7-9H,4-6,10-12H2,1-3H3. The van der Waals surface area contributed by atoms with Crippen LogP contribution < -0.4 is 17.2 Å². The van der Waals surface area contributed by atoms with Crippen molar-refractivity contribution < 1.29 is 18.1 Å². The maximum Gasteiger partial charge on any atom is 0.475 e. The van der Waals surface area contributed by atoms with Crippen LogP contribution in [0.5, 0.6) is 0 Å². The Labute approximate surface area is 103 Å². The Balaban J connectivity index is 4.62. The topological polar surface area (TPSA) is 123 Å². The Morgan fingerprint density at radius 2 is 1.06 bits per heavy atom. The molecule has 0 aliphatic rings. The third-order valence-electron chi connectivity index (χ3n) is 1.92. The Hall–Kier alpha value is -0.0100. The van der Waals surface area contributed by atoms with Crippen molar-refractivity contribution >= 4 is 7.82 Å². The van der Waals surface area contributed by atoms with E-state index in [1.165, 1.54) is 0 Å². The predicted molar refractivity (Wildman–Crippen MR) is 66.4 cm³/mol. The van der Waals surface area contributed by atoms with Crippen molar-refractivity contribution in [2.45, 2.75) is 39.1 Å². The van der Waals surface area contributed by atoms with Gasteiger partial charge in [0, 0.05) is 19.6 Å². The summed E-state index contributed by atoms with van der Waals surface area (Å²) in [5.74, 6) is 0. The summed E-state index contributed by atoms with van der Waals surface area (Å²) in [5.41, 5.74) is 16.2. The SMILES string of the molecule is CC(CN)OP(=O)(OC(C)CN)OC(C)CN. The van der Waals surface area contributed by atoms with Crippen LogP contribution in [0.1, 0.15) is 20.8 Å². The second-order valence-electron chi connectivity index (χ2n) is 3.90. The third-order valence-corrected chi connectivity index (χ3v) is 3.78. The van der Waals surface area contributed by atoms with E-state index < -0.39 is 26.1 Å². The highest BCUT2D eigenvalue weighted by Crippen LogP contribution is 2.52. The third kappa shape index (κ3) is 7.10. The zero-order valence-electron chi connectivity index (χ0n) is 10.7. The molecule has 0 aromatic carbocycles. The molecule has 6 N–H and O–H groups in total. The average molecular weight is 269 g/mol. The van der Waals surface area contributed by atoms with Crippen molar-refractivity contribution in [3.8, 4) is 0 Å². The van der Waals surface area contributed by atoms with Gasteiger partial charge in [-0.15, -0.1) is 0 Å². The van der Waals surface area contributed by atoms with Gasteiger partial charge in [0.2, 0.25) is 0 Å². The predicted octanol–water partition coefficient (Wildman–Crippen LogP) is 0.186. The summed E-state index contributed by atoms with van der Waals surface area (Å²) in [7, 11) is -3.68. The van der Waals surface area contributed by atoms with E-state index in [0.29, 0.717) is 0 Å². The molecule has 104 valence electrons. The zero-order valence-corrected chi connectivity index (χ0v) is 11.6. The van der Waals surface area contributed by atoms with E-state index in [0.717, 1.165) is 0 Å². The first-order valence-corrected chi connectivity index (χ1v) is 7.08. The van der Waals surface area contributed by atoms with Gasteiger partial charge in [0.25, 0.3) is 0 Å². The van der Waals surface area contributed by atoms with Gasteiger partial charge in [0.05, 0.1) is 18.3 Å². The maximum atomic E-state index is 12.3. The van der Waals surface area contributed by atoms with E-state index >= 15 is 0 Å². The molecule has 0 bridgehead atoms. The summed E-state index contributed by atoms with van der Waals surface area (Å²) >= 11 is 0. The van der Waals surface area contributed by atoms with Crippen molar-refractivity contribution in [3.63, 3.8) is 0 Å². The molecular weight excluding hydrogens is 245 g/mol. The van der Waals surface area contributed by atoms with Crippen LogP contribution >= 0.6 is 7.82 Å². The molecule has 0 saturated heterocycles. The molecule has 0 amide bonds. The number of hydrogen-bond donors (Lipinski definition) is 3. The minimum Gasteiger partial charge on any atom is -0.328 e. The highest BCUT2D eigenvalue weighted by atomic mass is 31.2. The lowest BCUT2D eigenvalue weighted by Gasteiger charge is -2.25. The van der Waals surface area contributed by atoms with Crippen molar-refractivity contribution in [2.24, 2.45) is 17.2 Å². The lowest BCUT2D eigenvalue weighted by molar-refractivity contribution is 0.0490. The Bertz CT molecular complexity index is 216. The molecule has 0 aliphatic heterocycles. The molecule has 0 spiro atoms. The lowest BCUT2D eigenvalue weighted by atomic mass is 10.4. The van der Waals surface area contributed by atoms with E-state index in [9.17, 15) is 4.57 Å². The molecule has 0 fully saturated rings. The molecule has 0 radical (unpaired) electrons. The summed E-state index contributed by atoms with van der Waals surface area (Å²) in [5, 5.41) is 0. The van der Waals surface area contributed by atoms with Crippen molar-refractivity contribution in [2.75, 3.05) is 19.6 Å². The smallest absolute Gasteiger partial charge is 0.328 e. The summed E-state index contributed by atoms with van der Waals surface area (Å²) in [6.07, 6.45) is -1.30. The van der Waals surface area contributed by atoms with Crippen LogP contribution in [0.3, 0.4) is 0 Å². The number of rotatable bonds is 9. The van der Waals surface area contributed by atoms with Crippen LogP contribution in [0.25, 0.3) is 0 Å². The van der Waals surface area contributed by atoms with E-state index in [1.54, 1.807) is 20.8 Å². The molecule has 8 heteroatoms. The van der Waals surface area contributed by atoms with Crippen molar-refractivity contribution in [1.82, 2.24) is 0 Å². The summed E-state index contributed by atoms with van der Waals surface area (Å²) in [6, 6.07) is 0. The first-order chi connectivity index (χ1) is 7.86. The molecule has 0 heterocycles. The second kappa shape index (κ2) is 8.16. The van der Waals surface area contributed by atoms with Gasteiger partial charge in [-0.05, 0) is 20.8 Å². The van der Waals surface area contributed by atoms with Crippen LogP contribution in [0.4, 0.5) is 0 Å². The lowest BCUT2D eigenvalue weighted by Crippen LogP contribution is -2.27. The van der Waals surface area contributed by atoms with E-state index in [2.05, 4.69) is 0 Å². The summed E-state index contributed by atoms with van der Waals surface area (Å²) in [6.45, 7) is 5.68.